The molecule has 156 valence electrons. The summed E-state index contributed by atoms with van der Waals surface area (Å²) in [4.78, 5) is 13.1. The molecule has 0 atom stereocenters. The van der Waals surface area contributed by atoms with Gasteiger partial charge in [-0.05, 0) is 62.6 Å². The molecular formula is C24H26N2O3S. The highest BCUT2D eigenvalue weighted by molar-refractivity contribution is 7.92. The zero-order valence-electron chi connectivity index (χ0n) is 17.6. The molecule has 0 saturated heterocycles. The van der Waals surface area contributed by atoms with Crippen LogP contribution in [0.3, 0.4) is 0 Å². The number of aryl methyl sites for hydroxylation is 4. The number of anilines is 2. The smallest absolute Gasteiger partial charge is 0.264 e. The van der Waals surface area contributed by atoms with Crippen molar-refractivity contribution in [3.8, 4) is 0 Å². The molecule has 5 nitrogen and oxygen atoms in total. The second kappa shape index (κ2) is 8.71. The van der Waals surface area contributed by atoms with E-state index < -0.39 is 15.9 Å². The van der Waals surface area contributed by atoms with Crippen molar-refractivity contribution < 1.29 is 13.2 Å². The molecule has 1 amide bonds. The summed E-state index contributed by atoms with van der Waals surface area (Å²) in [6.07, 6.45) is 0. The Morgan fingerprint density at radius 2 is 1.40 bits per heavy atom. The molecule has 3 aromatic carbocycles. The Labute approximate surface area is 178 Å². The number of carbonyl (C=O) groups is 1. The standard InChI is InChI=1S/C24H26N2O3S/c1-17-14-19(3)24(20(4)15-17)25-23(27)16-26(22-13-9-8-10-18(22)2)30(28,29)21-11-6-5-7-12-21/h5-15H,16H2,1-4H3,(H,25,27). The van der Waals surface area contributed by atoms with Crippen molar-refractivity contribution in [1.29, 1.82) is 0 Å². The number of para-hydroxylation sites is 1. The molecule has 0 fully saturated rings. The van der Waals surface area contributed by atoms with E-state index in [-0.39, 0.29) is 11.4 Å². The van der Waals surface area contributed by atoms with Crippen LogP contribution >= 0.6 is 0 Å². The molecule has 0 heterocycles. The lowest BCUT2D eigenvalue weighted by Gasteiger charge is -2.26. The van der Waals surface area contributed by atoms with Crippen LogP contribution in [-0.2, 0) is 14.8 Å². The van der Waals surface area contributed by atoms with Crippen molar-refractivity contribution in [2.75, 3.05) is 16.2 Å². The first-order valence-corrected chi connectivity index (χ1v) is 11.2. The lowest BCUT2D eigenvalue weighted by molar-refractivity contribution is -0.114. The third-order valence-electron chi connectivity index (χ3n) is 4.94. The van der Waals surface area contributed by atoms with Crippen molar-refractivity contribution in [1.82, 2.24) is 0 Å². The van der Waals surface area contributed by atoms with Gasteiger partial charge < -0.3 is 5.32 Å². The molecule has 3 rings (SSSR count). The van der Waals surface area contributed by atoms with Gasteiger partial charge in [-0.3, -0.25) is 9.10 Å². The average Bonchev–Trinajstić information content (AvgIpc) is 2.70. The third kappa shape index (κ3) is 4.54. The minimum absolute atomic E-state index is 0.142. The molecule has 0 aromatic heterocycles. The first-order chi connectivity index (χ1) is 14.2. The summed E-state index contributed by atoms with van der Waals surface area (Å²) in [5.41, 5.74) is 4.95. The highest BCUT2D eigenvalue weighted by Gasteiger charge is 2.28. The van der Waals surface area contributed by atoms with Crippen LogP contribution in [0.15, 0.2) is 71.6 Å². The number of benzene rings is 3. The number of nitrogens with one attached hydrogen (secondary N) is 1. The van der Waals surface area contributed by atoms with Gasteiger partial charge in [0.15, 0.2) is 0 Å². The molecule has 0 bridgehead atoms. The predicted octanol–water partition coefficient (Wildman–Crippen LogP) is 4.75. The van der Waals surface area contributed by atoms with Gasteiger partial charge >= 0.3 is 0 Å². The lowest BCUT2D eigenvalue weighted by Crippen LogP contribution is -2.38. The Hall–Kier alpha value is -3.12. The van der Waals surface area contributed by atoms with Crippen LogP contribution in [0.4, 0.5) is 11.4 Å². The molecular weight excluding hydrogens is 396 g/mol. The summed E-state index contributed by atoms with van der Waals surface area (Å²) < 4.78 is 28.0. The van der Waals surface area contributed by atoms with E-state index in [2.05, 4.69) is 5.32 Å². The highest BCUT2D eigenvalue weighted by Crippen LogP contribution is 2.27. The molecule has 30 heavy (non-hydrogen) atoms. The minimum atomic E-state index is -3.92. The zero-order valence-corrected chi connectivity index (χ0v) is 18.5. The normalized spacial score (nSPS) is 11.2. The fourth-order valence-corrected chi connectivity index (χ4v) is 5.06. The topological polar surface area (TPSA) is 66.5 Å². The Bertz CT molecular complexity index is 1150. The molecule has 0 unspecified atom stereocenters. The minimum Gasteiger partial charge on any atom is -0.324 e. The van der Waals surface area contributed by atoms with E-state index >= 15 is 0 Å². The van der Waals surface area contributed by atoms with Crippen LogP contribution < -0.4 is 9.62 Å². The maximum atomic E-state index is 13.4. The van der Waals surface area contributed by atoms with E-state index in [0.717, 1.165) is 22.3 Å². The SMILES string of the molecule is Cc1cc(C)c(NC(=O)CN(c2ccccc2C)S(=O)(=O)c2ccccc2)c(C)c1. The van der Waals surface area contributed by atoms with Crippen LogP contribution in [0.5, 0.6) is 0 Å². The number of sulfonamides is 1. The summed E-state index contributed by atoms with van der Waals surface area (Å²) in [7, 11) is -3.92. The molecule has 1 N–H and O–H groups in total. The number of rotatable bonds is 6. The molecule has 6 heteroatoms. The van der Waals surface area contributed by atoms with E-state index in [9.17, 15) is 13.2 Å². The monoisotopic (exact) mass is 422 g/mol. The van der Waals surface area contributed by atoms with E-state index in [1.54, 1.807) is 30.3 Å². The lowest BCUT2D eigenvalue weighted by atomic mass is 10.1. The van der Waals surface area contributed by atoms with Gasteiger partial charge in [0.1, 0.15) is 6.54 Å². The summed E-state index contributed by atoms with van der Waals surface area (Å²) in [5.74, 6) is -0.396. The number of carbonyl (C=O) groups excluding carboxylic acids is 1. The van der Waals surface area contributed by atoms with E-state index in [1.807, 2.05) is 52.0 Å². The quantitative estimate of drug-likeness (QED) is 0.623. The Kier molecular flexibility index (Phi) is 6.27. The van der Waals surface area contributed by atoms with Crippen molar-refractivity contribution >= 4 is 27.3 Å². The summed E-state index contributed by atoms with van der Waals surface area (Å²) in [5, 5.41) is 2.90. The van der Waals surface area contributed by atoms with Gasteiger partial charge in [0.2, 0.25) is 5.91 Å². The predicted molar refractivity (Wildman–Crippen MR) is 121 cm³/mol. The van der Waals surface area contributed by atoms with Gasteiger partial charge in [-0.1, -0.05) is 54.1 Å². The maximum Gasteiger partial charge on any atom is 0.264 e. The largest absolute Gasteiger partial charge is 0.324 e. The molecule has 3 aromatic rings. The molecule has 0 aliphatic carbocycles. The van der Waals surface area contributed by atoms with Crippen molar-refractivity contribution in [2.24, 2.45) is 0 Å². The molecule has 0 aliphatic rings. The van der Waals surface area contributed by atoms with Gasteiger partial charge in [0.25, 0.3) is 10.0 Å². The number of hydrogen-bond acceptors (Lipinski definition) is 3. The van der Waals surface area contributed by atoms with Crippen LogP contribution in [0.1, 0.15) is 22.3 Å². The average molecular weight is 423 g/mol. The van der Waals surface area contributed by atoms with Gasteiger partial charge in [-0.25, -0.2) is 8.42 Å². The van der Waals surface area contributed by atoms with Crippen molar-refractivity contribution in [3.63, 3.8) is 0 Å². The molecule has 0 aliphatic heterocycles. The summed E-state index contributed by atoms with van der Waals surface area (Å²) in [6, 6.07) is 19.3. The maximum absolute atomic E-state index is 13.4. The van der Waals surface area contributed by atoms with Gasteiger partial charge in [-0.2, -0.15) is 0 Å². The van der Waals surface area contributed by atoms with Crippen LogP contribution in [0.2, 0.25) is 0 Å². The van der Waals surface area contributed by atoms with Gasteiger partial charge in [0.05, 0.1) is 10.6 Å². The summed E-state index contributed by atoms with van der Waals surface area (Å²) >= 11 is 0. The fraction of sp³-hybridized carbons (Fsp3) is 0.208. The fourth-order valence-electron chi connectivity index (χ4n) is 3.55. The van der Waals surface area contributed by atoms with Gasteiger partial charge in [0, 0.05) is 5.69 Å². The van der Waals surface area contributed by atoms with E-state index in [1.165, 1.54) is 16.4 Å². The zero-order chi connectivity index (χ0) is 21.9. The third-order valence-corrected chi connectivity index (χ3v) is 6.72. The number of amides is 1. The Balaban J connectivity index is 1.98. The van der Waals surface area contributed by atoms with Gasteiger partial charge in [-0.15, -0.1) is 0 Å². The summed E-state index contributed by atoms with van der Waals surface area (Å²) in [6.45, 7) is 7.35. The second-order valence-corrected chi connectivity index (χ2v) is 9.30. The van der Waals surface area contributed by atoms with Crippen LogP contribution in [-0.4, -0.2) is 20.9 Å². The van der Waals surface area contributed by atoms with E-state index in [4.69, 9.17) is 0 Å². The number of nitrogens with zero attached hydrogens (tertiary/aromatic N) is 1. The van der Waals surface area contributed by atoms with Crippen molar-refractivity contribution in [2.45, 2.75) is 32.6 Å². The highest BCUT2D eigenvalue weighted by atomic mass is 32.2. The van der Waals surface area contributed by atoms with Crippen molar-refractivity contribution in [3.05, 3.63) is 89.0 Å². The first kappa shape index (κ1) is 21.6. The second-order valence-electron chi connectivity index (χ2n) is 7.43. The number of hydrogen-bond donors (Lipinski definition) is 1. The molecule has 0 saturated carbocycles. The Morgan fingerprint density at radius 1 is 0.833 bits per heavy atom. The Morgan fingerprint density at radius 3 is 2.00 bits per heavy atom. The first-order valence-electron chi connectivity index (χ1n) is 9.71. The van der Waals surface area contributed by atoms with Crippen LogP contribution in [0.25, 0.3) is 0 Å². The molecule has 0 spiro atoms. The molecule has 0 radical (unpaired) electrons. The van der Waals surface area contributed by atoms with Crippen LogP contribution in [0, 0.1) is 27.7 Å². The van der Waals surface area contributed by atoms with E-state index in [0.29, 0.717) is 11.4 Å².